The normalized spacial score (nSPS) is 11.2. The molecular formula is C14H15BrFN5O4. The number of carbonyl (C=O) groups excluding carboxylic acids is 1. The maximum absolute atomic E-state index is 13.3. The molecule has 0 radical (unpaired) electrons. The van der Waals surface area contributed by atoms with Crippen molar-refractivity contribution >= 4 is 39.2 Å². The summed E-state index contributed by atoms with van der Waals surface area (Å²) in [5, 5.41) is 32.4. The Morgan fingerprint density at radius 2 is 2.20 bits per heavy atom. The molecule has 5 N–H and O–H groups in total. The number of carbonyl (C=O) groups is 1. The van der Waals surface area contributed by atoms with Crippen LogP contribution in [0.25, 0.3) is 0 Å². The van der Waals surface area contributed by atoms with E-state index in [2.05, 4.69) is 42.2 Å². The molecule has 0 aliphatic carbocycles. The molecule has 134 valence electrons. The summed E-state index contributed by atoms with van der Waals surface area (Å²) in [6.07, 6.45) is 1.57. The second kappa shape index (κ2) is 8.99. The van der Waals surface area contributed by atoms with Crippen molar-refractivity contribution in [1.82, 2.24) is 10.5 Å². The molecule has 0 aliphatic rings. The SMILES string of the molecule is O=C(NCCCO)Nc1conc1/C(=N/O)Nc1ccc(F)c(Br)c1. The number of amides is 2. The molecule has 2 rings (SSSR count). The number of urea groups is 1. The van der Waals surface area contributed by atoms with Crippen LogP contribution in [0, 0.1) is 5.82 Å². The number of hydrogen-bond donors (Lipinski definition) is 5. The van der Waals surface area contributed by atoms with Gasteiger partial charge < -0.3 is 30.8 Å². The molecule has 25 heavy (non-hydrogen) atoms. The highest BCUT2D eigenvalue weighted by molar-refractivity contribution is 9.10. The molecule has 0 bridgehead atoms. The Bertz CT molecular complexity index is 767. The highest BCUT2D eigenvalue weighted by Crippen LogP contribution is 2.22. The molecule has 1 aromatic carbocycles. The first-order valence-corrected chi connectivity index (χ1v) is 7.89. The van der Waals surface area contributed by atoms with Gasteiger partial charge in [-0.1, -0.05) is 10.3 Å². The summed E-state index contributed by atoms with van der Waals surface area (Å²) in [5.41, 5.74) is 0.616. The van der Waals surface area contributed by atoms with Gasteiger partial charge in [0.25, 0.3) is 0 Å². The predicted molar refractivity (Wildman–Crippen MR) is 91.3 cm³/mol. The van der Waals surface area contributed by atoms with Crippen LogP contribution in [0.5, 0.6) is 0 Å². The van der Waals surface area contributed by atoms with E-state index in [-0.39, 0.29) is 34.8 Å². The molecule has 0 saturated carbocycles. The highest BCUT2D eigenvalue weighted by atomic mass is 79.9. The lowest BCUT2D eigenvalue weighted by Gasteiger charge is -2.09. The first-order valence-electron chi connectivity index (χ1n) is 7.09. The number of aromatic nitrogens is 1. The maximum atomic E-state index is 13.3. The molecule has 2 aromatic rings. The third-order valence-electron chi connectivity index (χ3n) is 2.94. The summed E-state index contributed by atoms with van der Waals surface area (Å²) in [6.45, 7) is 0.239. The second-order valence-corrected chi connectivity index (χ2v) is 5.59. The van der Waals surface area contributed by atoms with Gasteiger partial charge in [0.1, 0.15) is 17.8 Å². The Morgan fingerprint density at radius 1 is 1.40 bits per heavy atom. The van der Waals surface area contributed by atoms with E-state index < -0.39 is 11.8 Å². The van der Waals surface area contributed by atoms with Crippen molar-refractivity contribution in [3.63, 3.8) is 0 Å². The number of oxime groups is 1. The fourth-order valence-electron chi connectivity index (χ4n) is 1.79. The summed E-state index contributed by atoms with van der Waals surface area (Å²) >= 11 is 3.05. The van der Waals surface area contributed by atoms with Crippen LogP contribution in [-0.2, 0) is 0 Å². The van der Waals surface area contributed by atoms with Crippen molar-refractivity contribution < 1.29 is 24.0 Å². The Labute approximate surface area is 150 Å². The zero-order chi connectivity index (χ0) is 18.2. The molecule has 0 saturated heterocycles. The van der Waals surface area contributed by atoms with Crippen LogP contribution in [0.1, 0.15) is 12.1 Å². The lowest BCUT2D eigenvalue weighted by atomic mass is 10.2. The van der Waals surface area contributed by atoms with Crippen molar-refractivity contribution in [1.29, 1.82) is 0 Å². The van der Waals surface area contributed by atoms with E-state index in [4.69, 9.17) is 9.63 Å². The van der Waals surface area contributed by atoms with Gasteiger partial charge in [0.15, 0.2) is 5.69 Å². The maximum Gasteiger partial charge on any atom is 0.319 e. The third kappa shape index (κ3) is 5.16. The van der Waals surface area contributed by atoms with Crippen LogP contribution in [0.2, 0.25) is 0 Å². The highest BCUT2D eigenvalue weighted by Gasteiger charge is 2.18. The summed E-state index contributed by atoms with van der Waals surface area (Å²) in [5.74, 6) is -0.561. The van der Waals surface area contributed by atoms with E-state index in [1.807, 2.05) is 0 Å². The molecule has 11 heteroatoms. The van der Waals surface area contributed by atoms with E-state index in [9.17, 15) is 14.4 Å². The van der Waals surface area contributed by atoms with Gasteiger partial charge in [-0.2, -0.15) is 0 Å². The molecule has 1 aromatic heterocycles. The van der Waals surface area contributed by atoms with Crippen molar-refractivity contribution in [2.24, 2.45) is 5.16 Å². The first kappa shape index (κ1) is 18.7. The number of anilines is 2. The Kier molecular flexibility index (Phi) is 6.71. The number of hydrogen-bond acceptors (Lipinski definition) is 6. The van der Waals surface area contributed by atoms with E-state index >= 15 is 0 Å². The summed E-state index contributed by atoms with van der Waals surface area (Å²) in [4.78, 5) is 11.7. The Morgan fingerprint density at radius 3 is 2.88 bits per heavy atom. The lowest BCUT2D eigenvalue weighted by molar-refractivity contribution is 0.249. The first-order chi connectivity index (χ1) is 12.0. The smallest absolute Gasteiger partial charge is 0.319 e. The van der Waals surface area contributed by atoms with Crippen molar-refractivity contribution in [3.8, 4) is 0 Å². The predicted octanol–water partition coefficient (Wildman–Crippen LogP) is 2.33. The minimum atomic E-state index is -0.542. The van der Waals surface area contributed by atoms with Gasteiger partial charge in [0.2, 0.25) is 5.84 Å². The van der Waals surface area contributed by atoms with Crippen molar-refractivity contribution in [3.05, 3.63) is 40.4 Å². The number of benzene rings is 1. The molecule has 1 heterocycles. The van der Waals surface area contributed by atoms with Crippen LogP contribution in [0.3, 0.4) is 0 Å². The zero-order valence-electron chi connectivity index (χ0n) is 12.8. The molecular weight excluding hydrogens is 401 g/mol. The van der Waals surface area contributed by atoms with Gasteiger partial charge in [0.05, 0.1) is 4.47 Å². The van der Waals surface area contributed by atoms with Gasteiger partial charge in [0, 0.05) is 18.8 Å². The number of aliphatic hydroxyl groups excluding tert-OH is 1. The van der Waals surface area contributed by atoms with Gasteiger partial charge in [-0.25, -0.2) is 9.18 Å². The van der Waals surface area contributed by atoms with Crippen molar-refractivity contribution in [2.45, 2.75) is 6.42 Å². The summed E-state index contributed by atoms with van der Waals surface area (Å²) in [6, 6.07) is 3.55. The molecule has 9 nitrogen and oxygen atoms in total. The molecule has 0 unspecified atom stereocenters. The van der Waals surface area contributed by atoms with Crippen LogP contribution in [-0.4, -0.2) is 40.5 Å². The fraction of sp³-hybridized carbons (Fsp3) is 0.214. The number of nitrogens with one attached hydrogen (secondary N) is 3. The quantitative estimate of drug-likeness (QED) is 0.162. The number of aliphatic hydroxyl groups is 1. The minimum Gasteiger partial charge on any atom is -0.409 e. The monoisotopic (exact) mass is 415 g/mol. The topological polar surface area (TPSA) is 132 Å². The minimum absolute atomic E-state index is 0.0419. The van der Waals surface area contributed by atoms with Gasteiger partial charge in [-0.3, -0.25) is 0 Å². The Hall–Kier alpha value is -2.66. The summed E-state index contributed by atoms with van der Waals surface area (Å²) < 4.78 is 18.3. The van der Waals surface area contributed by atoms with Crippen LogP contribution in [0.15, 0.2) is 38.6 Å². The zero-order valence-corrected chi connectivity index (χ0v) is 14.4. The third-order valence-corrected chi connectivity index (χ3v) is 3.55. The number of halogens is 2. The van der Waals surface area contributed by atoms with Crippen molar-refractivity contribution in [2.75, 3.05) is 23.8 Å². The number of amidine groups is 1. The average Bonchev–Trinajstić information content (AvgIpc) is 3.04. The molecule has 0 atom stereocenters. The van der Waals surface area contributed by atoms with E-state index in [1.54, 1.807) is 0 Å². The van der Waals surface area contributed by atoms with Crippen LogP contribution in [0.4, 0.5) is 20.6 Å². The summed E-state index contributed by atoms with van der Waals surface area (Å²) in [7, 11) is 0. The van der Waals surface area contributed by atoms with E-state index in [0.717, 1.165) is 6.26 Å². The molecule has 0 fully saturated rings. The standard InChI is InChI=1S/C14H15BrFN5O4/c15-9-6-8(2-3-10(9)16)18-13(20-24)12-11(7-25-21-12)19-14(23)17-4-1-5-22/h2-3,6-7,22,24H,1,4-5H2,(H,18,20)(H2,17,19,23). The Balaban J connectivity index is 2.10. The lowest BCUT2D eigenvalue weighted by Crippen LogP contribution is -2.30. The molecule has 0 spiro atoms. The van der Waals surface area contributed by atoms with E-state index in [1.165, 1.54) is 18.2 Å². The van der Waals surface area contributed by atoms with Crippen LogP contribution >= 0.6 is 15.9 Å². The number of nitrogens with zero attached hydrogens (tertiary/aromatic N) is 2. The van der Waals surface area contributed by atoms with E-state index in [0.29, 0.717) is 12.1 Å². The van der Waals surface area contributed by atoms with Crippen LogP contribution < -0.4 is 16.0 Å². The average molecular weight is 416 g/mol. The molecule has 0 aliphatic heterocycles. The number of rotatable bonds is 6. The van der Waals surface area contributed by atoms with Gasteiger partial charge >= 0.3 is 6.03 Å². The van der Waals surface area contributed by atoms with Gasteiger partial charge in [-0.15, -0.1) is 0 Å². The largest absolute Gasteiger partial charge is 0.409 e. The molecule has 2 amide bonds. The van der Waals surface area contributed by atoms with Gasteiger partial charge in [-0.05, 0) is 40.5 Å². The fourth-order valence-corrected chi connectivity index (χ4v) is 2.16. The second-order valence-electron chi connectivity index (χ2n) is 4.74.